The third-order valence-electron chi connectivity index (χ3n) is 5.75. The Hall–Kier alpha value is -2.99. The van der Waals surface area contributed by atoms with Crippen LogP contribution < -0.4 is 5.32 Å². The van der Waals surface area contributed by atoms with Crippen LogP contribution in [-0.4, -0.2) is 34.0 Å². The number of anilines is 1. The highest BCUT2D eigenvalue weighted by atomic mass is 16.5. The molecule has 1 atom stereocenters. The Morgan fingerprint density at radius 1 is 1.17 bits per heavy atom. The van der Waals surface area contributed by atoms with E-state index in [0.29, 0.717) is 24.8 Å². The summed E-state index contributed by atoms with van der Waals surface area (Å²) in [5.74, 6) is 1.23. The third-order valence-corrected chi connectivity index (χ3v) is 5.75. The highest BCUT2D eigenvalue weighted by molar-refractivity contribution is 5.92. The Kier molecular flexibility index (Phi) is 5.95. The van der Waals surface area contributed by atoms with E-state index in [-0.39, 0.29) is 11.8 Å². The Balaban J connectivity index is 1.37. The van der Waals surface area contributed by atoms with Crippen molar-refractivity contribution >= 4 is 11.6 Å². The summed E-state index contributed by atoms with van der Waals surface area (Å²) in [6.07, 6.45) is 1.87. The second-order valence-corrected chi connectivity index (χ2v) is 8.24. The number of aromatic nitrogens is 2. The van der Waals surface area contributed by atoms with Gasteiger partial charge in [0.25, 0.3) is 0 Å². The molecule has 1 aliphatic heterocycles. The molecule has 1 aromatic heterocycles. The number of carbonyl (C=O) groups is 1. The maximum absolute atomic E-state index is 12.8. The number of amides is 1. The first-order valence-corrected chi connectivity index (χ1v) is 10.5. The molecule has 0 aliphatic carbocycles. The van der Waals surface area contributed by atoms with Crippen molar-refractivity contribution in [3.63, 3.8) is 0 Å². The fraction of sp³-hybridized carbons (Fsp3) is 0.375. The zero-order valence-electron chi connectivity index (χ0n) is 17.8. The molecule has 6 heteroatoms. The lowest BCUT2D eigenvalue weighted by atomic mass is 9.97. The summed E-state index contributed by atoms with van der Waals surface area (Å²) >= 11 is 0. The molecule has 1 fully saturated rings. The first kappa shape index (κ1) is 20.3. The quantitative estimate of drug-likeness (QED) is 0.677. The van der Waals surface area contributed by atoms with Crippen LogP contribution in [0, 0.1) is 26.7 Å². The molecule has 2 aromatic carbocycles. The Labute approximate surface area is 177 Å². The maximum atomic E-state index is 12.8. The van der Waals surface area contributed by atoms with Crippen molar-refractivity contribution < 1.29 is 9.32 Å². The van der Waals surface area contributed by atoms with E-state index in [1.165, 1.54) is 11.1 Å². The molecule has 0 spiro atoms. The molecule has 0 bridgehead atoms. The Morgan fingerprint density at radius 3 is 2.83 bits per heavy atom. The van der Waals surface area contributed by atoms with Crippen LogP contribution in [0.5, 0.6) is 0 Å². The first-order chi connectivity index (χ1) is 14.5. The molecule has 0 saturated carbocycles. The van der Waals surface area contributed by atoms with E-state index in [1.807, 2.05) is 49.4 Å². The van der Waals surface area contributed by atoms with Gasteiger partial charge in [-0.15, -0.1) is 0 Å². The summed E-state index contributed by atoms with van der Waals surface area (Å²) in [4.78, 5) is 19.6. The normalized spacial score (nSPS) is 17.1. The fourth-order valence-corrected chi connectivity index (χ4v) is 3.89. The number of nitrogens with zero attached hydrogens (tertiary/aromatic N) is 3. The first-order valence-electron chi connectivity index (χ1n) is 10.5. The average Bonchev–Trinajstić information content (AvgIpc) is 3.19. The van der Waals surface area contributed by atoms with Crippen molar-refractivity contribution in [1.82, 2.24) is 15.0 Å². The van der Waals surface area contributed by atoms with Crippen molar-refractivity contribution in [3.8, 4) is 11.4 Å². The number of hydrogen-bond acceptors (Lipinski definition) is 5. The average molecular weight is 405 g/mol. The van der Waals surface area contributed by atoms with Gasteiger partial charge in [0, 0.05) is 17.8 Å². The summed E-state index contributed by atoms with van der Waals surface area (Å²) in [7, 11) is 0. The van der Waals surface area contributed by atoms with Gasteiger partial charge in [-0.1, -0.05) is 35.0 Å². The molecular formula is C24H28N4O2. The maximum Gasteiger partial charge on any atom is 0.241 e. The summed E-state index contributed by atoms with van der Waals surface area (Å²) in [6.45, 7) is 8.35. The SMILES string of the molecule is Cc1cccc(-c2noc(CN3CCCC(C(=O)Nc4ccc(C)c(C)c4)C3)n2)c1. The van der Waals surface area contributed by atoms with Gasteiger partial charge < -0.3 is 9.84 Å². The van der Waals surface area contributed by atoms with Crippen LogP contribution >= 0.6 is 0 Å². The zero-order chi connectivity index (χ0) is 21.1. The lowest BCUT2D eigenvalue weighted by molar-refractivity contribution is -0.121. The van der Waals surface area contributed by atoms with E-state index in [2.05, 4.69) is 34.2 Å². The molecule has 6 nitrogen and oxygen atoms in total. The van der Waals surface area contributed by atoms with Gasteiger partial charge in [-0.25, -0.2) is 0 Å². The van der Waals surface area contributed by atoms with Crippen LogP contribution in [0.2, 0.25) is 0 Å². The number of hydrogen-bond donors (Lipinski definition) is 1. The highest BCUT2D eigenvalue weighted by Crippen LogP contribution is 2.22. The van der Waals surface area contributed by atoms with E-state index in [1.54, 1.807) is 0 Å². The van der Waals surface area contributed by atoms with Gasteiger partial charge >= 0.3 is 0 Å². The number of likely N-dealkylation sites (tertiary alicyclic amines) is 1. The van der Waals surface area contributed by atoms with Crippen molar-refractivity contribution in [2.24, 2.45) is 5.92 Å². The monoisotopic (exact) mass is 404 g/mol. The predicted octanol–water partition coefficient (Wildman–Crippen LogP) is 4.51. The van der Waals surface area contributed by atoms with Gasteiger partial charge in [0.2, 0.25) is 17.6 Å². The van der Waals surface area contributed by atoms with Gasteiger partial charge in [0.05, 0.1) is 12.5 Å². The Morgan fingerprint density at radius 2 is 2.03 bits per heavy atom. The van der Waals surface area contributed by atoms with Crippen LogP contribution in [0.1, 0.15) is 35.4 Å². The molecule has 4 rings (SSSR count). The van der Waals surface area contributed by atoms with Gasteiger partial charge in [-0.3, -0.25) is 9.69 Å². The number of rotatable bonds is 5. The summed E-state index contributed by atoms with van der Waals surface area (Å²) in [5, 5.41) is 7.20. The van der Waals surface area contributed by atoms with E-state index < -0.39 is 0 Å². The van der Waals surface area contributed by atoms with E-state index >= 15 is 0 Å². The largest absolute Gasteiger partial charge is 0.338 e. The van der Waals surface area contributed by atoms with Gasteiger partial charge in [0.1, 0.15) is 0 Å². The molecule has 0 radical (unpaired) electrons. The summed E-state index contributed by atoms with van der Waals surface area (Å²) in [6, 6.07) is 14.1. The smallest absolute Gasteiger partial charge is 0.241 e. The number of carbonyl (C=O) groups excluding carboxylic acids is 1. The molecular weight excluding hydrogens is 376 g/mol. The number of aryl methyl sites for hydroxylation is 3. The molecule has 1 saturated heterocycles. The van der Waals surface area contributed by atoms with Gasteiger partial charge in [-0.05, 0) is 69.5 Å². The fourth-order valence-electron chi connectivity index (χ4n) is 3.89. The highest BCUT2D eigenvalue weighted by Gasteiger charge is 2.27. The molecule has 1 amide bonds. The molecule has 1 aliphatic rings. The minimum Gasteiger partial charge on any atom is -0.338 e. The standard InChI is InChI=1S/C24H28N4O2/c1-16-6-4-7-19(12-16)23-26-22(30-27-23)15-28-11-5-8-20(14-28)24(29)25-21-10-9-17(2)18(3)13-21/h4,6-7,9-10,12-13,20H,5,8,11,14-15H2,1-3H3,(H,25,29). The van der Waals surface area contributed by atoms with Crippen LogP contribution in [0.4, 0.5) is 5.69 Å². The molecule has 2 heterocycles. The minimum absolute atomic E-state index is 0.0421. The summed E-state index contributed by atoms with van der Waals surface area (Å²) < 4.78 is 5.47. The topological polar surface area (TPSA) is 71.3 Å². The summed E-state index contributed by atoms with van der Waals surface area (Å²) in [5.41, 5.74) is 5.38. The van der Waals surface area contributed by atoms with Gasteiger partial charge in [-0.2, -0.15) is 4.98 Å². The second-order valence-electron chi connectivity index (χ2n) is 8.24. The van der Waals surface area contributed by atoms with Crippen molar-refractivity contribution in [2.45, 2.75) is 40.2 Å². The van der Waals surface area contributed by atoms with Crippen LogP contribution in [-0.2, 0) is 11.3 Å². The lowest BCUT2D eigenvalue weighted by Gasteiger charge is -2.30. The van der Waals surface area contributed by atoms with Crippen LogP contribution in [0.15, 0.2) is 47.0 Å². The van der Waals surface area contributed by atoms with Crippen LogP contribution in [0.25, 0.3) is 11.4 Å². The van der Waals surface area contributed by atoms with Crippen molar-refractivity contribution in [3.05, 3.63) is 65.0 Å². The number of benzene rings is 2. The minimum atomic E-state index is -0.0421. The lowest BCUT2D eigenvalue weighted by Crippen LogP contribution is -2.40. The molecule has 3 aromatic rings. The zero-order valence-corrected chi connectivity index (χ0v) is 17.8. The van der Waals surface area contributed by atoms with E-state index in [0.717, 1.165) is 36.2 Å². The number of piperidine rings is 1. The molecule has 30 heavy (non-hydrogen) atoms. The number of nitrogens with one attached hydrogen (secondary N) is 1. The predicted molar refractivity (Wildman–Crippen MR) is 117 cm³/mol. The third kappa shape index (κ3) is 4.76. The molecule has 156 valence electrons. The van der Waals surface area contributed by atoms with E-state index in [4.69, 9.17) is 4.52 Å². The molecule has 1 unspecified atom stereocenters. The Bertz CT molecular complexity index is 1040. The second kappa shape index (κ2) is 8.79. The van der Waals surface area contributed by atoms with Crippen molar-refractivity contribution in [1.29, 1.82) is 0 Å². The van der Waals surface area contributed by atoms with E-state index in [9.17, 15) is 4.79 Å². The van der Waals surface area contributed by atoms with Crippen molar-refractivity contribution in [2.75, 3.05) is 18.4 Å². The molecule has 1 N–H and O–H groups in total. The van der Waals surface area contributed by atoms with Gasteiger partial charge in [0.15, 0.2) is 0 Å². The van der Waals surface area contributed by atoms with Crippen LogP contribution in [0.3, 0.4) is 0 Å².